The van der Waals surface area contributed by atoms with Crippen molar-refractivity contribution in [3.8, 4) is 0 Å². The first-order chi connectivity index (χ1) is 8.15. The van der Waals surface area contributed by atoms with E-state index in [0.29, 0.717) is 5.69 Å². The minimum Gasteiger partial charge on any atom is -0.369 e. The first-order valence-electron chi connectivity index (χ1n) is 5.34. The Bertz CT molecular complexity index is 444. The highest BCUT2D eigenvalue weighted by Gasteiger charge is 2.09. The lowest BCUT2D eigenvalue weighted by Crippen LogP contribution is -2.21. The largest absolute Gasteiger partial charge is 0.369 e. The number of aldehydes is 1. The van der Waals surface area contributed by atoms with Crippen LogP contribution in [0.4, 0.5) is 0 Å². The van der Waals surface area contributed by atoms with Gasteiger partial charge in [-0.05, 0) is 18.6 Å². The molecule has 0 radical (unpaired) electrons. The molecule has 17 heavy (non-hydrogen) atoms. The number of nitrogens with two attached hydrogens (primary N) is 1. The number of amides is 1. The van der Waals surface area contributed by atoms with E-state index < -0.39 is 0 Å². The molecule has 1 amide bonds. The number of hydrogen-bond donors (Lipinski definition) is 1. The smallest absolute Gasteiger partial charge is 0.224 e. The van der Waals surface area contributed by atoms with Crippen LogP contribution >= 0.6 is 0 Å². The molecule has 1 aromatic heterocycles. The predicted molar refractivity (Wildman–Crippen MR) is 66.4 cm³/mol. The lowest BCUT2D eigenvalue weighted by atomic mass is 10.0. The summed E-state index contributed by atoms with van der Waals surface area (Å²) in [5, 5.41) is 0. The zero-order valence-corrected chi connectivity index (χ0v) is 9.74. The minimum atomic E-state index is -0.240. The van der Waals surface area contributed by atoms with Crippen molar-refractivity contribution >= 4 is 12.2 Å². The number of hydrogen-bond acceptors (Lipinski definition) is 2. The molecule has 2 rings (SSSR count). The molecule has 1 aliphatic rings. The monoisotopic (exact) mass is 232 g/mol. The number of carbonyl (C=O) groups is 2. The Labute approximate surface area is 100 Å². The van der Waals surface area contributed by atoms with Crippen molar-refractivity contribution in [1.29, 1.82) is 0 Å². The van der Waals surface area contributed by atoms with Gasteiger partial charge in [0.05, 0.1) is 11.6 Å². The fourth-order valence-electron chi connectivity index (χ4n) is 1.39. The summed E-state index contributed by atoms with van der Waals surface area (Å²) in [6, 6.07) is 3.61. The quantitative estimate of drug-likeness (QED) is 0.784. The van der Waals surface area contributed by atoms with Crippen LogP contribution in [0.1, 0.15) is 16.9 Å². The number of primary amides is 1. The maximum absolute atomic E-state index is 10.5. The second kappa shape index (κ2) is 6.48. The van der Waals surface area contributed by atoms with E-state index in [2.05, 4.69) is 0 Å². The first-order valence-corrected chi connectivity index (χ1v) is 5.34. The minimum absolute atomic E-state index is 0.0741. The lowest BCUT2D eigenvalue weighted by Gasteiger charge is -2.06. The summed E-state index contributed by atoms with van der Waals surface area (Å²) in [6.07, 6.45) is 11.0. The second-order valence-electron chi connectivity index (χ2n) is 3.72. The van der Waals surface area contributed by atoms with Crippen LogP contribution in [0.2, 0.25) is 0 Å². The van der Waals surface area contributed by atoms with Crippen molar-refractivity contribution in [2.45, 2.75) is 6.42 Å². The molecule has 0 saturated carbocycles. The van der Waals surface area contributed by atoms with E-state index in [1.807, 2.05) is 43.6 Å². The Kier molecular flexibility index (Phi) is 4.94. The SMILES string of the molecule is Cn1cccc1C=O.NC(=O)C1C=CC=CC1. The van der Waals surface area contributed by atoms with Gasteiger partial charge in [-0.3, -0.25) is 9.59 Å². The van der Waals surface area contributed by atoms with E-state index in [0.717, 1.165) is 12.7 Å². The number of nitrogens with zero attached hydrogens (tertiary/aromatic N) is 1. The van der Waals surface area contributed by atoms with Crippen LogP contribution in [0.5, 0.6) is 0 Å². The molecule has 4 heteroatoms. The third-order valence-corrected chi connectivity index (χ3v) is 2.45. The van der Waals surface area contributed by atoms with Crippen LogP contribution in [-0.4, -0.2) is 16.8 Å². The van der Waals surface area contributed by atoms with Crippen molar-refractivity contribution < 1.29 is 9.59 Å². The van der Waals surface area contributed by atoms with Gasteiger partial charge in [0.1, 0.15) is 0 Å². The molecule has 1 unspecified atom stereocenters. The zero-order valence-electron chi connectivity index (χ0n) is 9.74. The van der Waals surface area contributed by atoms with Crippen LogP contribution in [-0.2, 0) is 11.8 Å². The molecule has 0 spiro atoms. The van der Waals surface area contributed by atoms with Gasteiger partial charge in [-0.1, -0.05) is 24.3 Å². The van der Waals surface area contributed by atoms with Gasteiger partial charge in [0.15, 0.2) is 6.29 Å². The van der Waals surface area contributed by atoms with Crippen molar-refractivity contribution in [3.05, 3.63) is 48.3 Å². The van der Waals surface area contributed by atoms with E-state index in [4.69, 9.17) is 5.73 Å². The summed E-state index contributed by atoms with van der Waals surface area (Å²) in [5.41, 5.74) is 5.76. The summed E-state index contributed by atoms with van der Waals surface area (Å²) >= 11 is 0. The molecule has 0 bridgehead atoms. The predicted octanol–water partition coefficient (Wildman–Crippen LogP) is 1.44. The molecule has 1 aromatic rings. The fraction of sp³-hybridized carbons (Fsp3) is 0.231. The molecule has 4 nitrogen and oxygen atoms in total. The number of rotatable bonds is 2. The standard InChI is InChI=1S/C7H9NO.C6H7NO/c8-7(9)6-4-2-1-3-5-6;1-7-4-2-3-6(7)5-8/h1-4,6H,5H2,(H2,8,9);2-5H,1H3. The van der Waals surface area contributed by atoms with Gasteiger partial charge in [-0.25, -0.2) is 0 Å². The Morgan fingerprint density at radius 2 is 2.29 bits per heavy atom. The third-order valence-electron chi connectivity index (χ3n) is 2.45. The number of aryl methyl sites for hydroxylation is 1. The molecular weight excluding hydrogens is 216 g/mol. The molecule has 0 fully saturated rings. The van der Waals surface area contributed by atoms with Gasteiger partial charge in [-0.15, -0.1) is 0 Å². The van der Waals surface area contributed by atoms with Gasteiger partial charge < -0.3 is 10.3 Å². The normalized spacial score (nSPS) is 17.1. The lowest BCUT2D eigenvalue weighted by molar-refractivity contribution is -0.120. The highest BCUT2D eigenvalue weighted by Crippen LogP contribution is 2.09. The molecule has 1 aliphatic carbocycles. The average molecular weight is 232 g/mol. The van der Waals surface area contributed by atoms with Crippen LogP contribution in [0, 0.1) is 5.92 Å². The summed E-state index contributed by atoms with van der Waals surface area (Å²) in [6.45, 7) is 0. The van der Waals surface area contributed by atoms with Crippen molar-refractivity contribution in [2.75, 3.05) is 0 Å². The van der Waals surface area contributed by atoms with Gasteiger partial charge >= 0.3 is 0 Å². The van der Waals surface area contributed by atoms with Crippen molar-refractivity contribution in [3.63, 3.8) is 0 Å². The number of aromatic nitrogens is 1. The molecule has 0 aromatic carbocycles. The summed E-state index contributed by atoms with van der Waals surface area (Å²) < 4.78 is 1.77. The molecular formula is C13H16N2O2. The second-order valence-corrected chi connectivity index (χ2v) is 3.72. The van der Waals surface area contributed by atoms with E-state index in [9.17, 15) is 9.59 Å². The molecule has 0 saturated heterocycles. The maximum Gasteiger partial charge on any atom is 0.224 e. The molecule has 1 atom stereocenters. The first kappa shape index (κ1) is 13.0. The van der Waals surface area contributed by atoms with Crippen LogP contribution < -0.4 is 5.73 Å². The van der Waals surface area contributed by atoms with E-state index >= 15 is 0 Å². The molecule has 2 N–H and O–H groups in total. The molecule has 90 valence electrons. The molecule has 0 aliphatic heterocycles. The highest BCUT2D eigenvalue weighted by molar-refractivity contribution is 5.79. The van der Waals surface area contributed by atoms with E-state index in [1.165, 1.54) is 0 Å². The van der Waals surface area contributed by atoms with Crippen LogP contribution in [0.25, 0.3) is 0 Å². The van der Waals surface area contributed by atoms with E-state index in [1.54, 1.807) is 10.6 Å². The number of allylic oxidation sites excluding steroid dienone is 3. The van der Waals surface area contributed by atoms with Crippen molar-refractivity contribution in [1.82, 2.24) is 4.57 Å². The topological polar surface area (TPSA) is 65.1 Å². The van der Waals surface area contributed by atoms with Crippen molar-refractivity contribution in [2.24, 2.45) is 18.7 Å². The average Bonchev–Trinajstić information content (AvgIpc) is 2.76. The zero-order chi connectivity index (χ0) is 12.7. The van der Waals surface area contributed by atoms with Crippen LogP contribution in [0.15, 0.2) is 42.6 Å². The third kappa shape index (κ3) is 4.10. The van der Waals surface area contributed by atoms with Gasteiger partial charge in [-0.2, -0.15) is 0 Å². The van der Waals surface area contributed by atoms with Gasteiger partial charge in [0.2, 0.25) is 5.91 Å². The maximum atomic E-state index is 10.5. The summed E-state index contributed by atoms with van der Waals surface area (Å²) in [7, 11) is 1.84. The van der Waals surface area contributed by atoms with E-state index in [-0.39, 0.29) is 11.8 Å². The van der Waals surface area contributed by atoms with Gasteiger partial charge in [0.25, 0.3) is 0 Å². The highest BCUT2D eigenvalue weighted by atomic mass is 16.1. The molecule has 1 heterocycles. The van der Waals surface area contributed by atoms with Crippen LogP contribution in [0.3, 0.4) is 0 Å². The summed E-state index contributed by atoms with van der Waals surface area (Å²) in [4.78, 5) is 20.6. The van der Waals surface area contributed by atoms with Gasteiger partial charge in [0, 0.05) is 13.2 Å². The summed E-state index contributed by atoms with van der Waals surface area (Å²) in [5.74, 6) is -0.314. The number of carbonyl (C=O) groups excluding carboxylic acids is 2. The Balaban J connectivity index is 0.000000171. The Hall–Kier alpha value is -2.10. The fourth-order valence-corrected chi connectivity index (χ4v) is 1.39. The Morgan fingerprint density at radius 3 is 2.59 bits per heavy atom. The Morgan fingerprint density at radius 1 is 1.53 bits per heavy atom.